The number of aliphatic hydroxyl groups is 1. The van der Waals surface area contributed by atoms with Crippen LogP contribution in [0.15, 0.2) is 12.1 Å². The lowest BCUT2D eigenvalue weighted by atomic mass is 10.1. The largest absolute Gasteiger partial charge is 0.398 e. The molecule has 0 radical (unpaired) electrons. The maximum atomic E-state index is 12.9. The van der Waals surface area contributed by atoms with Crippen LogP contribution >= 0.6 is 0 Å². The first-order chi connectivity index (χ1) is 7.91. The molecule has 17 heavy (non-hydrogen) atoms. The smallest absolute Gasteiger partial charge is 0.253 e. The van der Waals surface area contributed by atoms with E-state index in [1.165, 1.54) is 0 Å². The van der Waals surface area contributed by atoms with Crippen molar-refractivity contribution in [2.45, 2.75) is 19.4 Å². The molecule has 4 nitrogen and oxygen atoms in total. The third kappa shape index (κ3) is 3.67. The Bertz CT molecular complexity index is 422. The standard InChI is InChI=1S/C11H14F2N2O2/c1-6(16)2-3-15-11(17)7-4-8(12)9(13)5-10(7)14/h4-6,16H,2-3,14H2,1H3,(H,15,17). The molecular weight excluding hydrogens is 230 g/mol. The van der Waals surface area contributed by atoms with Crippen molar-refractivity contribution in [1.29, 1.82) is 0 Å². The highest BCUT2D eigenvalue weighted by molar-refractivity contribution is 5.99. The molecule has 0 aliphatic heterocycles. The predicted molar refractivity (Wildman–Crippen MR) is 59.4 cm³/mol. The number of halogens is 2. The maximum absolute atomic E-state index is 12.9. The third-order valence-corrected chi connectivity index (χ3v) is 2.18. The fourth-order valence-corrected chi connectivity index (χ4v) is 1.25. The maximum Gasteiger partial charge on any atom is 0.253 e. The number of nitrogen functional groups attached to an aromatic ring is 1. The average Bonchev–Trinajstić information content (AvgIpc) is 2.22. The van der Waals surface area contributed by atoms with E-state index in [1.54, 1.807) is 6.92 Å². The highest BCUT2D eigenvalue weighted by Gasteiger charge is 2.13. The summed E-state index contributed by atoms with van der Waals surface area (Å²) in [6.07, 6.45) is -0.174. The van der Waals surface area contributed by atoms with Gasteiger partial charge in [-0.25, -0.2) is 8.78 Å². The second-order valence-corrected chi connectivity index (χ2v) is 3.75. The first-order valence-corrected chi connectivity index (χ1v) is 5.12. The Morgan fingerprint density at radius 3 is 2.65 bits per heavy atom. The number of hydrogen-bond donors (Lipinski definition) is 3. The van der Waals surface area contributed by atoms with Crippen molar-refractivity contribution in [3.05, 3.63) is 29.3 Å². The number of carbonyl (C=O) groups is 1. The van der Waals surface area contributed by atoms with Crippen LogP contribution in [0.4, 0.5) is 14.5 Å². The first kappa shape index (κ1) is 13.4. The van der Waals surface area contributed by atoms with E-state index in [9.17, 15) is 13.6 Å². The van der Waals surface area contributed by atoms with E-state index in [0.29, 0.717) is 6.42 Å². The zero-order chi connectivity index (χ0) is 13.0. The number of anilines is 1. The van der Waals surface area contributed by atoms with Crippen molar-refractivity contribution in [2.24, 2.45) is 0 Å². The van der Waals surface area contributed by atoms with Gasteiger partial charge in [-0.15, -0.1) is 0 Å². The topological polar surface area (TPSA) is 75.3 Å². The van der Waals surface area contributed by atoms with E-state index in [0.717, 1.165) is 12.1 Å². The normalized spacial score (nSPS) is 12.2. The van der Waals surface area contributed by atoms with E-state index in [-0.39, 0.29) is 17.8 Å². The van der Waals surface area contributed by atoms with Gasteiger partial charge >= 0.3 is 0 Å². The molecule has 1 rings (SSSR count). The van der Waals surface area contributed by atoms with Crippen molar-refractivity contribution in [3.8, 4) is 0 Å². The van der Waals surface area contributed by atoms with Crippen LogP contribution in [-0.4, -0.2) is 23.7 Å². The van der Waals surface area contributed by atoms with Crippen LogP contribution in [0.25, 0.3) is 0 Å². The summed E-state index contributed by atoms with van der Waals surface area (Å²) in [7, 11) is 0. The SMILES string of the molecule is CC(O)CCNC(=O)c1cc(F)c(F)cc1N. The van der Waals surface area contributed by atoms with Gasteiger partial charge in [0.15, 0.2) is 11.6 Å². The lowest BCUT2D eigenvalue weighted by Crippen LogP contribution is -2.27. The van der Waals surface area contributed by atoms with Gasteiger partial charge in [0, 0.05) is 18.3 Å². The van der Waals surface area contributed by atoms with Crippen LogP contribution in [0.3, 0.4) is 0 Å². The van der Waals surface area contributed by atoms with Crippen molar-refractivity contribution >= 4 is 11.6 Å². The fraction of sp³-hybridized carbons (Fsp3) is 0.364. The molecule has 0 aliphatic rings. The van der Waals surface area contributed by atoms with Crippen LogP contribution in [0.5, 0.6) is 0 Å². The number of benzene rings is 1. The van der Waals surface area contributed by atoms with Crippen molar-refractivity contribution in [1.82, 2.24) is 5.32 Å². The molecule has 0 heterocycles. The van der Waals surface area contributed by atoms with E-state index in [4.69, 9.17) is 10.8 Å². The zero-order valence-corrected chi connectivity index (χ0v) is 9.34. The fourth-order valence-electron chi connectivity index (χ4n) is 1.25. The minimum Gasteiger partial charge on any atom is -0.398 e. The number of amides is 1. The van der Waals surface area contributed by atoms with Gasteiger partial charge in [0.25, 0.3) is 5.91 Å². The quantitative estimate of drug-likeness (QED) is 0.693. The van der Waals surface area contributed by atoms with Crippen LogP contribution in [-0.2, 0) is 0 Å². The van der Waals surface area contributed by atoms with Gasteiger partial charge in [-0.2, -0.15) is 0 Å². The Morgan fingerprint density at radius 1 is 1.47 bits per heavy atom. The number of rotatable bonds is 4. The minimum atomic E-state index is -1.13. The molecule has 1 amide bonds. The average molecular weight is 244 g/mol. The Balaban J connectivity index is 2.72. The van der Waals surface area contributed by atoms with Crippen LogP contribution in [0.2, 0.25) is 0 Å². The molecule has 0 spiro atoms. The van der Waals surface area contributed by atoms with E-state index in [1.807, 2.05) is 0 Å². The summed E-state index contributed by atoms with van der Waals surface area (Å²) in [5.41, 5.74) is 5.16. The Morgan fingerprint density at radius 2 is 2.06 bits per heavy atom. The summed E-state index contributed by atoms with van der Waals surface area (Å²) < 4.78 is 25.7. The van der Waals surface area contributed by atoms with Gasteiger partial charge in [-0.3, -0.25) is 4.79 Å². The summed E-state index contributed by atoms with van der Waals surface area (Å²) in [5.74, 6) is -2.81. The molecule has 0 saturated carbocycles. The zero-order valence-electron chi connectivity index (χ0n) is 9.34. The summed E-state index contributed by atoms with van der Waals surface area (Å²) in [6.45, 7) is 1.81. The lowest BCUT2D eigenvalue weighted by molar-refractivity contribution is 0.0946. The number of nitrogens with one attached hydrogen (secondary N) is 1. The molecule has 4 N–H and O–H groups in total. The second-order valence-electron chi connectivity index (χ2n) is 3.75. The first-order valence-electron chi connectivity index (χ1n) is 5.12. The molecule has 0 bridgehead atoms. The second kappa shape index (κ2) is 5.58. The van der Waals surface area contributed by atoms with Gasteiger partial charge < -0.3 is 16.2 Å². The molecule has 0 saturated heterocycles. The number of carbonyl (C=O) groups excluding carboxylic acids is 1. The van der Waals surface area contributed by atoms with Crippen molar-refractivity contribution in [3.63, 3.8) is 0 Å². The molecule has 1 aromatic rings. The minimum absolute atomic E-state index is 0.116. The molecule has 94 valence electrons. The van der Waals surface area contributed by atoms with Crippen LogP contribution < -0.4 is 11.1 Å². The van der Waals surface area contributed by atoms with E-state index >= 15 is 0 Å². The van der Waals surface area contributed by atoms with Crippen molar-refractivity contribution in [2.75, 3.05) is 12.3 Å². The highest BCUT2D eigenvalue weighted by atomic mass is 19.2. The molecule has 1 unspecified atom stereocenters. The number of nitrogens with two attached hydrogens (primary N) is 1. The molecular formula is C11H14F2N2O2. The molecule has 1 atom stereocenters. The Kier molecular flexibility index (Phi) is 4.39. The van der Waals surface area contributed by atoms with Gasteiger partial charge in [-0.1, -0.05) is 0 Å². The Hall–Kier alpha value is -1.69. The lowest BCUT2D eigenvalue weighted by Gasteiger charge is -2.09. The summed E-state index contributed by atoms with van der Waals surface area (Å²) in [5, 5.41) is 11.4. The van der Waals surface area contributed by atoms with E-state index < -0.39 is 23.6 Å². The van der Waals surface area contributed by atoms with E-state index in [2.05, 4.69) is 5.32 Å². The van der Waals surface area contributed by atoms with Crippen LogP contribution in [0.1, 0.15) is 23.7 Å². The molecule has 0 aliphatic carbocycles. The predicted octanol–water partition coefficient (Wildman–Crippen LogP) is 1.05. The third-order valence-electron chi connectivity index (χ3n) is 2.18. The summed E-state index contributed by atoms with van der Waals surface area (Å²) >= 11 is 0. The Labute approximate surface area is 97.4 Å². The van der Waals surface area contributed by atoms with Crippen molar-refractivity contribution < 1.29 is 18.7 Å². The monoisotopic (exact) mass is 244 g/mol. The molecule has 1 aromatic carbocycles. The summed E-state index contributed by atoms with van der Waals surface area (Å²) in [6, 6.07) is 1.52. The number of aliphatic hydroxyl groups excluding tert-OH is 1. The van der Waals surface area contributed by atoms with Crippen LogP contribution in [0, 0.1) is 11.6 Å². The molecule has 0 fully saturated rings. The number of hydrogen-bond acceptors (Lipinski definition) is 3. The molecule has 6 heteroatoms. The molecule has 0 aromatic heterocycles. The summed E-state index contributed by atoms with van der Waals surface area (Å²) in [4.78, 5) is 11.5. The van der Waals surface area contributed by atoms with Gasteiger partial charge in [0.05, 0.1) is 11.7 Å². The van der Waals surface area contributed by atoms with Gasteiger partial charge in [0.2, 0.25) is 0 Å². The van der Waals surface area contributed by atoms with Gasteiger partial charge in [-0.05, 0) is 19.4 Å². The van der Waals surface area contributed by atoms with Gasteiger partial charge in [0.1, 0.15) is 0 Å². The highest BCUT2D eigenvalue weighted by Crippen LogP contribution is 2.16.